The average molecular weight is 578 g/mol. The van der Waals surface area contributed by atoms with Crippen LogP contribution in [0.2, 0.25) is 10.0 Å². The highest BCUT2D eigenvalue weighted by Gasteiger charge is 2.50. The quantitative estimate of drug-likeness (QED) is 0.281. The summed E-state index contributed by atoms with van der Waals surface area (Å²) in [5.41, 5.74) is 2.59. The van der Waals surface area contributed by atoms with E-state index in [-0.39, 0.29) is 0 Å². The standard InChI is InChI=1S/C12H4Cl2F6N4OS.C2H8NO2PS/c13-5-1-4(11(15,16)17)2-6(14)8(5)24-10(22)9(7(3-21)23-24)26(25)12(18,19)20;1-5-6(3,4)7-2/h1-2H,22H2;1-2H3,(H2,3,4). The fourth-order valence-corrected chi connectivity index (χ4v) is 3.98. The molecule has 1 aromatic heterocycles. The first kappa shape index (κ1) is 29.7. The van der Waals surface area contributed by atoms with Gasteiger partial charge >= 0.3 is 18.4 Å². The van der Waals surface area contributed by atoms with Crippen LogP contribution in [0.5, 0.6) is 0 Å². The molecule has 4 N–H and O–H groups in total. The molecular weight excluding hydrogens is 566 g/mol. The molecule has 0 aliphatic rings. The van der Waals surface area contributed by atoms with Crippen molar-refractivity contribution in [1.82, 2.24) is 9.78 Å². The van der Waals surface area contributed by atoms with Crippen LogP contribution in [0.15, 0.2) is 17.0 Å². The van der Waals surface area contributed by atoms with Gasteiger partial charge in [0.2, 0.25) is 10.6 Å². The van der Waals surface area contributed by atoms with E-state index in [9.17, 15) is 35.5 Å². The van der Waals surface area contributed by atoms with E-state index in [0.29, 0.717) is 16.8 Å². The van der Waals surface area contributed by atoms with Crippen molar-refractivity contribution in [2.75, 3.05) is 19.1 Å². The van der Waals surface area contributed by atoms with Crippen LogP contribution in [-0.2, 0) is 26.4 Å². The molecule has 2 rings (SSSR count). The van der Waals surface area contributed by atoms with Crippen molar-refractivity contribution in [3.63, 3.8) is 0 Å². The maximum atomic E-state index is 12.7. The van der Waals surface area contributed by atoms with Gasteiger partial charge in [0.05, 0.1) is 15.6 Å². The van der Waals surface area contributed by atoms with Crippen molar-refractivity contribution in [1.29, 1.82) is 5.26 Å². The second-order valence-electron chi connectivity index (χ2n) is 5.49. The summed E-state index contributed by atoms with van der Waals surface area (Å²) < 4.78 is 103. The third kappa shape index (κ3) is 7.33. The van der Waals surface area contributed by atoms with E-state index in [0.717, 1.165) is 11.4 Å². The van der Waals surface area contributed by atoms with Gasteiger partial charge in [0.1, 0.15) is 22.9 Å². The molecule has 1 aromatic carbocycles. The summed E-state index contributed by atoms with van der Waals surface area (Å²) in [5.74, 6) is -0.902. The summed E-state index contributed by atoms with van der Waals surface area (Å²) in [7, 11) is 1.33. The van der Waals surface area contributed by atoms with Gasteiger partial charge in [-0.15, -0.1) is 18.3 Å². The number of alkyl halides is 6. The van der Waals surface area contributed by atoms with Crippen molar-refractivity contribution >= 4 is 58.3 Å². The first-order valence-corrected chi connectivity index (χ1v) is 13.2. The summed E-state index contributed by atoms with van der Waals surface area (Å²) in [6, 6.07) is 2.19. The molecular formula is C14H12Cl2F6N5O3PS2. The molecule has 0 spiro atoms. The fraction of sp³-hybridized carbons (Fsp3) is 0.286. The highest BCUT2D eigenvalue weighted by molar-refractivity contribution is 8.55. The molecule has 0 aliphatic heterocycles. The Balaban J connectivity index is 0.000000675. The molecule has 33 heavy (non-hydrogen) atoms. The molecule has 2 unspecified atom stereocenters. The number of halogens is 8. The normalized spacial score (nSPS) is 14.6. The smallest absolute Gasteiger partial charge is 0.578 e. The predicted molar refractivity (Wildman–Crippen MR) is 112 cm³/mol. The largest absolute Gasteiger partial charge is 0.604 e. The number of nitrogen functional groups attached to an aromatic ring is 1. The van der Waals surface area contributed by atoms with Crippen LogP contribution in [0, 0.1) is 11.3 Å². The number of hydrogen-bond acceptors (Lipinski definition) is 7. The van der Waals surface area contributed by atoms with Gasteiger partial charge in [-0.05, 0) is 18.4 Å². The van der Waals surface area contributed by atoms with E-state index in [4.69, 9.17) is 39.7 Å². The Morgan fingerprint density at radius 1 is 1.27 bits per heavy atom. The second kappa shape index (κ2) is 11.0. The van der Waals surface area contributed by atoms with Crippen molar-refractivity contribution < 1.29 is 40.0 Å². The highest BCUT2D eigenvalue weighted by atomic mass is 35.5. The number of benzene rings is 1. The molecule has 1 heterocycles. The van der Waals surface area contributed by atoms with Gasteiger partial charge in [-0.2, -0.15) is 18.4 Å². The molecule has 8 nitrogen and oxygen atoms in total. The second-order valence-corrected chi connectivity index (χ2v) is 12.1. The van der Waals surface area contributed by atoms with Crippen molar-refractivity contribution in [3.8, 4) is 11.8 Å². The van der Waals surface area contributed by atoms with E-state index in [2.05, 4.69) is 9.62 Å². The summed E-state index contributed by atoms with van der Waals surface area (Å²) in [6.45, 7) is -2.74. The molecule has 0 bridgehead atoms. The zero-order valence-electron chi connectivity index (χ0n) is 16.2. The molecule has 0 saturated heterocycles. The fourth-order valence-electron chi connectivity index (χ4n) is 1.96. The number of nitrogens with two attached hydrogens (primary N) is 2. The van der Waals surface area contributed by atoms with Crippen LogP contribution in [0.1, 0.15) is 11.3 Å². The Bertz CT molecular complexity index is 1080. The Hall–Kier alpha value is -1.31. The SMILES string of the molecule is COP(N)(=O)SC.N#Cc1nn(-c2c(Cl)cc(C(F)(F)F)cc2Cl)c(N)c1[S+]([O-])C(F)(F)F. The summed E-state index contributed by atoms with van der Waals surface area (Å²) in [5, 5.41) is 11.1. The van der Waals surface area contributed by atoms with Gasteiger partial charge < -0.3 is 14.8 Å². The number of nitriles is 1. The molecule has 2 aromatic rings. The molecule has 0 fully saturated rings. The van der Waals surface area contributed by atoms with Gasteiger partial charge in [0, 0.05) is 7.11 Å². The zero-order valence-corrected chi connectivity index (χ0v) is 20.2. The van der Waals surface area contributed by atoms with Crippen LogP contribution in [-0.4, -0.2) is 33.2 Å². The molecule has 2 atom stereocenters. The van der Waals surface area contributed by atoms with E-state index in [1.165, 1.54) is 13.2 Å². The Labute approximate surface area is 199 Å². The molecule has 0 aliphatic carbocycles. The van der Waals surface area contributed by atoms with E-state index in [1.54, 1.807) is 6.26 Å². The minimum absolute atomic E-state index is 0.433. The number of anilines is 1. The lowest BCUT2D eigenvalue weighted by Gasteiger charge is -2.14. The summed E-state index contributed by atoms with van der Waals surface area (Å²) in [4.78, 5) is -1.15. The van der Waals surface area contributed by atoms with E-state index < -0.39 is 67.3 Å². The van der Waals surface area contributed by atoms with Crippen LogP contribution < -0.4 is 11.2 Å². The van der Waals surface area contributed by atoms with E-state index >= 15 is 0 Å². The monoisotopic (exact) mass is 577 g/mol. The lowest BCUT2D eigenvalue weighted by atomic mass is 10.2. The first-order chi connectivity index (χ1) is 14.9. The Kier molecular flexibility index (Phi) is 9.87. The number of nitrogens with zero attached hydrogens (tertiary/aromatic N) is 3. The third-order valence-electron chi connectivity index (χ3n) is 3.44. The minimum Gasteiger partial charge on any atom is -0.604 e. The highest BCUT2D eigenvalue weighted by Crippen LogP contribution is 2.49. The average Bonchev–Trinajstić information content (AvgIpc) is 3.02. The Morgan fingerprint density at radius 2 is 1.76 bits per heavy atom. The van der Waals surface area contributed by atoms with Crippen molar-refractivity contribution in [2.24, 2.45) is 5.50 Å². The molecule has 19 heteroatoms. The number of hydrogen-bond donors (Lipinski definition) is 2. The Morgan fingerprint density at radius 3 is 2.06 bits per heavy atom. The lowest BCUT2D eigenvalue weighted by molar-refractivity contribution is -0.137. The van der Waals surface area contributed by atoms with Crippen LogP contribution in [0.3, 0.4) is 0 Å². The van der Waals surface area contributed by atoms with Crippen LogP contribution in [0.4, 0.5) is 32.2 Å². The van der Waals surface area contributed by atoms with E-state index in [1.807, 2.05) is 0 Å². The predicted octanol–water partition coefficient (Wildman–Crippen LogP) is 5.34. The lowest BCUT2D eigenvalue weighted by Crippen LogP contribution is -2.24. The number of rotatable bonds is 4. The molecule has 0 amide bonds. The van der Waals surface area contributed by atoms with Crippen molar-refractivity contribution in [3.05, 3.63) is 33.4 Å². The number of aromatic nitrogens is 2. The maximum Gasteiger partial charge on any atom is 0.578 e. The summed E-state index contributed by atoms with van der Waals surface area (Å²) in [6.07, 6.45) is -3.15. The topological polar surface area (TPSA) is 143 Å². The molecule has 184 valence electrons. The summed E-state index contributed by atoms with van der Waals surface area (Å²) >= 11 is 8.81. The van der Waals surface area contributed by atoms with Gasteiger partial charge in [-0.25, -0.2) is 4.68 Å². The van der Waals surface area contributed by atoms with Gasteiger partial charge in [0.15, 0.2) is 5.82 Å². The zero-order chi connectivity index (χ0) is 25.9. The minimum atomic E-state index is -5.25. The van der Waals surface area contributed by atoms with Crippen LogP contribution >= 0.6 is 41.3 Å². The van der Waals surface area contributed by atoms with Crippen molar-refractivity contribution in [2.45, 2.75) is 16.6 Å². The van der Waals surface area contributed by atoms with Gasteiger partial charge in [0.25, 0.3) is 0 Å². The van der Waals surface area contributed by atoms with Gasteiger partial charge in [-0.3, -0.25) is 10.1 Å². The van der Waals surface area contributed by atoms with Crippen LogP contribution in [0.25, 0.3) is 5.69 Å². The third-order valence-corrected chi connectivity index (χ3v) is 8.20. The first-order valence-electron chi connectivity index (χ1n) is 7.75. The maximum absolute atomic E-state index is 12.7. The molecule has 0 saturated carbocycles. The molecule has 0 radical (unpaired) electrons. The van der Waals surface area contributed by atoms with Gasteiger partial charge in [-0.1, -0.05) is 34.6 Å².